The highest BCUT2D eigenvalue weighted by atomic mass is 16.4. The fourth-order valence-electron chi connectivity index (χ4n) is 1.65. The molecule has 2 N–H and O–H groups in total. The molecule has 2 aromatic heterocycles. The van der Waals surface area contributed by atoms with Gasteiger partial charge in [-0.1, -0.05) is 20.8 Å². The second kappa shape index (κ2) is 3.84. The average Bonchev–Trinajstić information content (AvgIpc) is 2.54. The number of carbonyl (C=O) groups is 1. The molecule has 0 atom stereocenters. The van der Waals surface area contributed by atoms with E-state index in [-0.39, 0.29) is 11.0 Å². The Hall–Kier alpha value is -1.91. The molecule has 0 fully saturated rings. The van der Waals surface area contributed by atoms with Crippen molar-refractivity contribution in [1.29, 1.82) is 0 Å². The number of carboxylic acid groups (broad SMARTS) is 1. The van der Waals surface area contributed by atoms with Crippen molar-refractivity contribution < 1.29 is 9.90 Å². The number of hydrogen-bond acceptors (Lipinski definition) is 3. The molecule has 90 valence electrons. The van der Waals surface area contributed by atoms with Gasteiger partial charge in [-0.25, -0.2) is 14.8 Å². The first-order valence-corrected chi connectivity index (χ1v) is 5.43. The standard InChI is InChI=1S/C12H15N3O2/c1-12(2,3)5-9-14-8-4-7(11(16)17)6-13-10(8)15-9/h4,6H,5H2,1-3H3,(H,16,17)(H,13,14,15). The molecule has 0 saturated carbocycles. The van der Waals surface area contributed by atoms with E-state index in [2.05, 4.69) is 35.7 Å². The molecule has 0 radical (unpaired) electrons. The fraction of sp³-hybridized carbons (Fsp3) is 0.417. The highest BCUT2D eigenvalue weighted by Gasteiger charge is 2.15. The molecule has 0 aliphatic rings. The van der Waals surface area contributed by atoms with Crippen molar-refractivity contribution >= 4 is 17.1 Å². The summed E-state index contributed by atoms with van der Waals surface area (Å²) in [5, 5.41) is 8.86. The normalized spacial score (nSPS) is 11.9. The van der Waals surface area contributed by atoms with Crippen LogP contribution in [0.15, 0.2) is 12.3 Å². The van der Waals surface area contributed by atoms with Crippen LogP contribution >= 0.6 is 0 Å². The zero-order valence-corrected chi connectivity index (χ0v) is 10.1. The number of hydrogen-bond donors (Lipinski definition) is 2. The van der Waals surface area contributed by atoms with Crippen molar-refractivity contribution in [3.8, 4) is 0 Å². The molecule has 5 heteroatoms. The Bertz CT molecular complexity index is 567. The topological polar surface area (TPSA) is 78.9 Å². The Labute approximate surface area is 98.9 Å². The van der Waals surface area contributed by atoms with E-state index in [1.165, 1.54) is 6.20 Å². The van der Waals surface area contributed by atoms with Crippen LogP contribution in [-0.2, 0) is 6.42 Å². The number of imidazole rings is 1. The molecule has 0 bridgehead atoms. The number of nitrogens with zero attached hydrogens (tertiary/aromatic N) is 2. The quantitative estimate of drug-likeness (QED) is 0.833. The van der Waals surface area contributed by atoms with Crippen LogP contribution in [0.4, 0.5) is 0 Å². The van der Waals surface area contributed by atoms with Gasteiger partial charge in [-0.2, -0.15) is 0 Å². The van der Waals surface area contributed by atoms with E-state index >= 15 is 0 Å². The molecule has 0 saturated heterocycles. The number of aromatic nitrogens is 3. The molecule has 2 heterocycles. The van der Waals surface area contributed by atoms with Gasteiger partial charge < -0.3 is 10.1 Å². The van der Waals surface area contributed by atoms with Crippen molar-refractivity contribution in [3.05, 3.63) is 23.7 Å². The molecule has 0 aromatic carbocycles. The predicted molar refractivity (Wildman–Crippen MR) is 64.0 cm³/mol. The minimum atomic E-state index is -0.980. The van der Waals surface area contributed by atoms with Gasteiger partial charge in [-0.15, -0.1) is 0 Å². The summed E-state index contributed by atoms with van der Waals surface area (Å²) in [6, 6.07) is 1.56. The summed E-state index contributed by atoms with van der Waals surface area (Å²) in [4.78, 5) is 22.3. The van der Waals surface area contributed by atoms with Crippen molar-refractivity contribution in [2.75, 3.05) is 0 Å². The van der Waals surface area contributed by atoms with Crippen molar-refractivity contribution in [3.63, 3.8) is 0 Å². The molecule has 0 unspecified atom stereocenters. The van der Waals surface area contributed by atoms with Crippen LogP contribution in [0, 0.1) is 5.41 Å². The smallest absolute Gasteiger partial charge is 0.337 e. The SMILES string of the molecule is CC(C)(C)Cc1nc2ncc(C(=O)O)cc2[nH]1. The lowest BCUT2D eigenvalue weighted by molar-refractivity contribution is 0.0696. The Morgan fingerprint density at radius 1 is 1.47 bits per heavy atom. The summed E-state index contributed by atoms with van der Waals surface area (Å²) in [5.41, 5.74) is 1.53. The van der Waals surface area contributed by atoms with Crippen LogP contribution in [0.1, 0.15) is 37.0 Å². The first-order valence-electron chi connectivity index (χ1n) is 5.43. The van der Waals surface area contributed by atoms with E-state index in [4.69, 9.17) is 5.11 Å². The third-order valence-electron chi connectivity index (χ3n) is 2.33. The maximum Gasteiger partial charge on any atom is 0.337 e. The van der Waals surface area contributed by atoms with Crippen LogP contribution < -0.4 is 0 Å². The minimum absolute atomic E-state index is 0.128. The number of aromatic amines is 1. The minimum Gasteiger partial charge on any atom is -0.478 e. The third-order valence-corrected chi connectivity index (χ3v) is 2.33. The molecule has 0 amide bonds. The van der Waals surface area contributed by atoms with Crippen LogP contribution in [-0.4, -0.2) is 26.0 Å². The molecular weight excluding hydrogens is 218 g/mol. The monoisotopic (exact) mass is 233 g/mol. The summed E-state index contributed by atoms with van der Waals surface area (Å²) < 4.78 is 0. The van der Waals surface area contributed by atoms with Gasteiger partial charge in [0.2, 0.25) is 0 Å². The number of pyridine rings is 1. The van der Waals surface area contributed by atoms with Crippen LogP contribution in [0.2, 0.25) is 0 Å². The van der Waals surface area contributed by atoms with E-state index in [0.29, 0.717) is 11.2 Å². The number of rotatable bonds is 2. The van der Waals surface area contributed by atoms with Gasteiger partial charge >= 0.3 is 5.97 Å². The first kappa shape index (κ1) is 11.6. The van der Waals surface area contributed by atoms with Crippen LogP contribution in [0.3, 0.4) is 0 Å². The number of H-pyrrole nitrogens is 1. The highest BCUT2D eigenvalue weighted by molar-refractivity contribution is 5.90. The number of fused-ring (bicyclic) bond motifs is 1. The van der Waals surface area contributed by atoms with Crippen LogP contribution in [0.25, 0.3) is 11.2 Å². The average molecular weight is 233 g/mol. The van der Waals surface area contributed by atoms with Gasteiger partial charge in [-0.05, 0) is 11.5 Å². The predicted octanol–water partition coefficient (Wildman–Crippen LogP) is 2.24. The Morgan fingerprint density at radius 3 is 2.76 bits per heavy atom. The van der Waals surface area contributed by atoms with E-state index in [9.17, 15) is 4.79 Å². The van der Waals surface area contributed by atoms with Gasteiger partial charge in [0, 0.05) is 12.6 Å². The Balaban J connectivity index is 2.40. The Morgan fingerprint density at radius 2 is 2.18 bits per heavy atom. The summed E-state index contributed by atoms with van der Waals surface area (Å²) in [5.74, 6) is -0.145. The lowest BCUT2D eigenvalue weighted by atomic mass is 9.92. The lowest BCUT2D eigenvalue weighted by Gasteiger charge is -2.15. The second-order valence-electron chi connectivity index (χ2n) is 5.32. The summed E-state index contributed by atoms with van der Waals surface area (Å²) in [6.45, 7) is 6.36. The van der Waals surface area contributed by atoms with E-state index in [1.54, 1.807) is 6.07 Å². The molecule has 17 heavy (non-hydrogen) atoms. The van der Waals surface area contributed by atoms with Gasteiger partial charge in [0.25, 0.3) is 0 Å². The summed E-state index contributed by atoms with van der Waals surface area (Å²) >= 11 is 0. The fourth-order valence-corrected chi connectivity index (χ4v) is 1.65. The molecule has 0 aliphatic carbocycles. The van der Waals surface area contributed by atoms with Gasteiger partial charge in [-0.3, -0.25) is 0 Å². The van der Waals surface area contributed by atoms with Gasteiger partial charge in [0.15, 0.2) is 5.65 Å². The maximum absolute atomic E-state index is 10.8. The van der Waals surface area contributed by atoms with Crippen molar-refractivity contribution in [2.45, 2.75) is 27.2 Å². The molecule has 2 aromatic rings. The van der Waals surface area contributed by atoms with Crippen molar-refractivity contribution in [2.24, 2.45) is 5.41 Å². The first-order chi connectivity index (χ1) is 7.85. The molecule has 0 spiro atoms. The number of aromatic carboxylic acids is 1. The van der Waals surface area contributed by atoms with Crippen molar-refractivity contribution in [1.82, 2.24) is 15.0 Å². The molecule has 0 aliphatic heterocycles. The second-order valence-corrected chi connectivity index (χ2v) is 5.32. The lowest BCUT2D eigenvalue weighted by Crippen LogP contribution is -2.10. The third kappa shape index (κ3) is 2.61. The van der Waals surface area contributed by atoms with E-state index in [1.807, 2.05) is 0 Å². The maximum atomic E-state index is 10.8. The largest absolute Gasteiger partial charge is 0.478 e. The molecule has 2 rings (SSSR count). The zero-order chi connectivity index (χ0) is 12.6. The van der Waals surface area contributed by atoms with Gasteiger partial charge in [0.05, 0.1) is 11.1 Å². The highest BCUT2D eigenvalue weighted by Crippen LogP contribution is 2.20. The number of carboxylic acids is 1. The number of nitrogens with one attached hydrogen (secondary N) is 1. The summed E-state index contributed by atoms with van der Waals surface area (Å²) in [6.07, 6.45) is 2.12. The van der Waals surface area contributed by atoms with Gasteiger partial charge in [0.1, 0.15) is 5.82 Å². The Kier molecular flexibility index (Phi) is 2.61. The summed E-state index contributed by atoms with van der Waals surface area (Å²) in [7, 11) is 0. The zero-order valence-electron chi connectivity index (χ0n) is 10.1. The van der Waals surface area contributed by atoms with E-state index < -0.39 is 5.97 Å². The molecular formula is C12H15N3O2. The van der Waals surface area contributed by atoms with Crippen LogP contribution in [0.5, 0.6) is 0 Å². The van der Waals surface area contributed by atoms with E-state index in [0.717, 1.165) is 12.2 Å². The molecule has 5 nitrogen and oxygen atoms in total.